The monoisotopic (exact) mass is 611 g/mol. The molecule has 1 aliphatic rings. The number of nitrogens with zero attached hydrogens (tertiary/aromatic N) is 1. The van der Waals surface area contributed by atoms with Gasteiger partial charge in [-0.2, -0.15) is 30.6 Å². The van der Waals surface area contributed by atoms with Crippen molar-refractivity contribution in [2.45, 2.75) is 38.9 Å². The highest BCUT2D eigenvalue weighted by Gasteiger charge is 2.71. The zero-order valence-electron chi connectivity index (χ0n) is 20.1. The second-order valence-electron chi connectivity index (χ2n) is 9.14. The third-order valence-electron chi connectivity index (χ3n) is 6.87. The topological polar surface area (TPSA) is 91.8 Å². The quantitative estimate of drug-likeness (QED) is 0.401. The van der Waals surface area contributed by atoms with Gasteiger partial charge in [-0.3, -0.25) is 0 Å². The number of aliphatic hydroxyl groups is 1. The van der Waals surface area contributed by atoms with Crippen molar-refractivity contribution in [3.05, 3.63) is 95.8 Å². The number of halogens is 7. The first-order valence-electron chi connectivity index (χ1n) is 11.4. The van der Waals surface area contributed by atoms with Crippen LogP contribution in [0.25, 0.3) is 0 Å². The van der Waals surface area contributed by atoms with E-state index in [9.17, 15) is 52.7 Å². The largest absolute Gasteiger partial charge is 0.430 e. The Morgan fingerprint density at radius 2 is 1.25 bits per heavy atom. The standard InChI is InChI=1S/C25H20F7NO5S2/c26-19-10-12-21(13-11-19)40(37,38)33-15-14-22(16-33,39(35,36)20-4-2-1-3-5-20)17-6-8-18(9-7-17)23(34,24(27,28)29)25(30,31)32/h1-13,34H,14-16H2. The summed E-state index contributed by atoms with van der Waals surface area (Å²) in [5.74, 6) is -0.723. The molecule has 216 valence electrons. The van der Waals surface area contributed by atoms with E-state index in [-0.39, 0.29) is 21.9 Å². The molecule has 1 saturated heterocycles. The maximum absolute atomic E-state index is 13.9. The van der Waals surface area contributed by atoms with Crippen LogP contribution in [-0.2, 0) is 30.2 Å². The first kappa shape index (κ1) is 30.0. The number of rotatable bonds is 6. The maximum atomic E-state index is 13.9. The molecule has 1 N–H and O–H groups in total. The van der Waals surface area contributed by atoms with E-state index in [1.807, 2.05) is 0 Å². The minimum atomic E-state index is -6.16. The molecule has 0 bridgehead atoms. The predicted molar refractivity (Wildman–Crippen MR) is 128 cm³/mol. The summed E-state index contributed by atoms with van der Waals surface area (Å²) in [7, 11) is -8.90. The molecule has 6 nitrogen and oxygen atoms in total. The molecule has 0 radical (unpaired) electrons. The first-order chi connectivity index (χ1) is 18.4. The Bertz CT molecular complexity index is 1580. The molecule has 15 heteroatoms. The average molecular weight is 612 g/mol. The highest BCUT2D eigenvalue weighted by atomic mass is 32.2. The van der Waals surface area contributed by atoms with Gasteiger partial charge in [0.1, 0.15) is 10.6 Å². The first-order valence-corrected chi connectivity index (χ1v) is 14.3. The molecule has 1 unspecified atom stereocenters. The lowest BCUT2D eigenvalue weighted by atomic mass is 9.89. The molecule has 0 aliphatic carbocycles. The normalized spacial score (nSPS) is 19.6. The van der Waals surface area contributed by atoms with Crippen molar-refractivity contribution >= 4 is 19.9 Å². The molecule has 1 heterocycles. The van der Waals surface area contributed by atoms with Crippen molar-refractivity contribution in [3.8, 4) is 0 Å². The Hall–Kier alpha value is -3.01. The van der Waals surface area contributed by atoms with E-state index in [0.29, 0.717) is 24.3 Å². The zero-order chi connectivity index (χ0) is 29.8. The van der Waals surface area contributed by atoms with Crippen LogP contribution in [0, 0.1) is 5.82 Å². The fourth-order valence-electron chi connectivity index (χ4n) is 4.65. The van der Waals surface area contributed by atoms with Crippen molar-refractivity contribution in [3.63, 3.8) is 0 Å². The summed E-state index contributed by atoms with van der Waals surface area (Å²) in [6, 6.07) is 12.5. The number of sulfonamides is 1. The van der Waals surface area contributed by atoms with Crippen molar-refractivity contribution in [2.24, 2.45) is 0 Å². The highest BCUT2D eigenvalue weighted by Crippen LogP contribution is 2.51. The van der Waals surface area contributed by atoms with E-state index >= 15 is 0 Å². The molecule has 3 aromatic rings. The second-order valence-corrected chi connectivity index (χ2v) is 13.3. The highest BCUT2D eigenvalue weighted by molar-refractivity contribution is 7.92. The van der Waals surface area contributed by atoms with E-state index in [1.165, 1.54) is 30.3 Å². The maximum Gasteiger partial charge on any atom is 0.430 e. The molecule has 4 rings (SSSR count). The lowest BCUT2D eigenvalue weighted by molar-refractivity contribution is -0.376. The number of sulfone groups is 1. The van der Waals surface area contributed by atoms with Crippen LogP contribution in [0.3, 0.4) is 0 Å². The van der Waals surface area contributed by atoms with E-state index in [0.717, 1.165) is 28.6 Å². The SMILES string of the molecule is O=S(=O)(c1ccc(F)cc1)N1CCC(c2ccc(C(O)(C(F)(F)F)C(F)(F)F)cc2)(S(=O)(=O)c2ccccc2)C1. The summed E-state index contributed by atoms with van der Waals surface area (Å²) in [5, 5.41) is 9.73. The second kappa shape index (κ2) is 9.82. The summed E-state index contributed by atoms with van der Waals surface area (Å²) in [6.45, 7) is -1.13. The third kappa shape index (κ3) is 4.67. The molecule has 0 aromatic heterocycles. The zero-order valence-corrected chi connectivity index (χ0v) is 21.7. The van der Waals surface area contributed by atoms with E-state index in [4.69, 9.17) is 0 Å². The summed E-state index contributed by atoms with van der Waals surface area (Å²) < 4.78 is 147. The van der Waals surface area contributed by atoms with Crippen LogP contribution in [0.2, 0.25) is 0 Å². The van der Waals surface area contributed by atoms with Gasteiger partial charge in [-0.05, 0) is 48.4 Å². The third-order valence-corrected chi connectivity index (χ3v) is 11.2. The van der Waals surface area contributed by atoms with Crippen LogP contribution in [-0.4, -0.2) is 51.7 Å². The van der Waals surface area contributed by atoms with Gasteiger partial charge in [-0.15, -0.1) is 0 Å². The minimum absolute atomic E-state index is 0.262. The van der Waals surface area contributed by atoms with E-state index in [1.54, 1.807) is 0 Å². The van der Waals surface area contributed by atoms with Crippen LogP contribution in [0.1, 0.15) is 17.5 Å². The molecule has 0 spiro atoms. The van der Waals surface area contributed by atoms with Gasteiger partial charge in [0.25, 0.3) is 5.60 Å². The van der Waals surface area contributed by atoms with Crippen LogP contribution in [0.15, 0.2) is 88.7 Å². The van der Waals surface area contributed by atoms with Crippen LogP contribution in [0.5, 0.6) is 0 Å². The molecule has 0 amide bonds. The number of hydrogen-bond donors (Lipinski definition) is 1. The Kier molecular flexibility index (Phi) is 7.35. The Labute approximate surface area is 224 Å². The summed E-state index contributed by atoms with van der Waals surface area (Å²) in [6.07, 6.45) is -12.7. The lowest BCUT2D eigenvalue weighted by Gasteiger charge is -2.34. The molecule has 0 saturated carbocycles. The Morgan fingerprint density at radius 1 is 0.725 bits per heavy atom. The van der Waals surface area contributed by atoms with Gasteiger partial charge >= 0.3 is 12.4 Å². The van der Waals surface area contributed by atoms with Crippen LogP contribution >= 0.6 is 0 Å². The smallest absolute Gasteiger partial charge is 0.369 e. The molecule has 1 fully saturated rings. The van der Waals surface area contributed by atoms with E-state index in [2.05, 4.69) is 0 Å². The number of alkyl halides is 6. The Morgan fingerprint density at radius 3 is 1.75 bits per heavy atom. The van der Waals surface area contributed by atoms with Gasteiger partial charge in [0.15, 0.2) is 9.84 Å². The van der Waals surface area contributed by atoms with Gasteiger partial charge in [-0.25, -0.2) is 21.2 Å². The predicted octanol–water partition coefficient (Wildman–Crippen LogP) is 4.90. The molecule has 3 aromatic carbocycles. The van der Waals surface area contributed by atoms with Gasteiger partial charge in [0.2, 0.25) is 10.0 Å². The van der Waals surface area contributed by atoms with E-state index < -0.39 is 66.9 Å². The van der Waals surface area contributed by atoms with Crippen LogP contribution in [0.4, 0.5) is 30.7 Å². The summed E-state index contributed by atoms with van der Waals surface area (Å²) in [4.78, 5) is -0.611. The molecular weight excluding hydrogens is 591 g/mol. The summed E-state index contributed by atoms with van der Waals surface area (Å²) in [5.41, 5.74) is -7.13. The molecule has 1 aliphatic heterocycles. The van der Waals surface area contributed by atoms with Crippen LogP contribution < -0.4 is 0 Å². The van der Waals surface area contributed by atoms with Gasteiger partial charge in [0, 0.05) is 18.7 Å². The van der Waals surface area contributed by atoms with Gasteiger partial charge in [-0.1, -0.05) is 42.5 Å². The van der Waals surface area contributed by atoms with Gasteiger partial charge < -0.3 is 5.11 Å². The average Bonchev–Trinajstić information content (AvgIpc) is 3.36. The molecule has 1 atom stereocenters. The van der Waals surface area contributed by atoms with Gasteiger partial charge in [0.05, 0.1) is 9.79 Å². The summed E-state index contributed by atoms with van der Waals surface area (Å²) >= 11 is 0. The lowest BCUT2D eigenvalue weighted by Crippen LogP contribution is -2.54. The minimum Gasteiger partial charge on any atom is -0.369 e. The number of hydrogen-bond acceptors (Lipinski definition) is 5. The fourth-order valence-corrected chi connectivity index (χ4v) is 8.33. The molecular formula is C25H20F7NO5S2. The Balaban J connectivity index is 1.86. The number of benzene rings is 3. The van der Waals surface area contributed by atoms with Crippen molar-refractivity contribution in [2.75, 3.05) is 13.1 Å². The van der Waals surface area contributed by atoms with Crippen molar-refractivity contribution < 1.29 is 52.7 Å². The van der Waals surface area contributed by atoms with Crippen molar-refractivity contribution in [1.29, 1.82) is 0 Å². The van der Waals surface area contributed by atoms with Crippen molar-refractivity contribution in [1.82, 2.24) is 4.31 Å². The fraction of sp³-hybridized carbons (Fsp3) is 0.280. The molecule has 40 heavy (non-hydrogen) atoms.